The first-order chi connectivity index (χ1) is 9.54. The second-order valence-electron chi connectivity index (χ2n) is 4.81. The Labute approximate surface area is 126 Å². The third kappa shape index (κ3) is 2.35. The van der Waals surface area contributed by atoms with Crippen LogP contribution >= 0.6 is 23.2 Å². The average molecular weight is 307 g/mol. The van der Waals surface area contributed by atoms with Crippen molar-refractivity contribution in [3.05, 3.63) is 63.1 Å². The van der Waals surface area contributed by atoms with E-state index in [-0.39, 0.29) is 5.91 Å². The standard InChI is InChI=1S/C15H12Cl2N2O/c16-11-2-4-14(17)10(5-11)8-19-7-9-1-3-12(18)6-13(9)15(19)20/h1-6H,7-8,18H2. The molecule has 1 aliphatic heterocycles. The highest BCUT2D eigenvalue weighted by molar-refractivity contribution is 6.33. The third-order valence-electron chi connectivity index (χ3n) is 3.38. The van der Waals surface area contributed by atoms with Crippen LogP contribution in [0.5, 0.6) is 0 Å². The number of fused-ring (bicyclic) bond motifs is 1. The summed E-state index contributed by atoms with van der Waals surface area (Å²) >= 11 is 12.1. The van der Waals surface area contributed by atoms with Crippen molar-refractivity contribution in [2.75, 3.05) is 5.73 Å². The summed E-state index contributed by atoms with van der Waals surface area (Å²) in [5, 5.41) is 1.22. The largest absolute Gasteiger partial charge is 0.399 e. The first-order valence-corrected chi connectivity index (χ1v) is 6.92. The Kier molecular flexibility index (Phi) is 3.32. The topological polar surface area (TPSA) is 46.3 Å². The maximum atomic E-state index is 12.3. The predicted molar refractivity (Wildman–Crippen MR) is 80.9 cm³/mol. The second kappa shape index (κ2) is 5.00. The molecule has 2 aromatic rings. The van der Waals surface area contributed by atoms with Gasteiger partial charge in [-0.25, -0.2) is 0 Å². The number of rotatable bonds is 2. The maximum Gasteiger partial charge on any atom is 0.254 e. The molecular formula is C15H12Cl2N2O. The quantitative estimate of drug-likeness (QED) is 0.859. The lowest BCUT2D eigenvalue weighted by Crippen LogP contribution is -2.23. The third-order valence-corrected chi connectivity index (χ3v) is 3.99. The van der Waals surface area contributed by atoms with Gasteiger partial charge in [0.25, 0.3) is 5.91 Å². The van der Waals surface area contributed by atoms with Gasteiger partial charge in [-0.1, -0.05) is 29.3 Å². The van der Waals surface area contributed by atoms with Gasteiger partial charge >= 0.3 is 0 Å². The fraction of sp³-hybridized carbons (Fsp3) is 0.133. The van der Waals surface area contributed by atoms with Crippen LogP contribution in [0.25, 0.3) is 0 Å². The molecule has 0 atom stereocenters. The van der Waals surface area contributed by atoms with Gasteiger partial charge in [0.05, 0.1) is 0 Å². The molecule has 0 saturated carbocycles. The van der Waals surface area contributed by atoms with Crippen LogP contribution in [0, 0.1) is 0 Å². The van der Waals surface area contributed by atoms with Crippen molar-refractivity contribution < 1.29 is 4.79 Å². The van der Waals surface area contributed by atoms with E-state index in [2.05, 4.69) is 0 Å². The number of nitrogens with zero attached hydrogens (tertiary/aromatic N) is 1. The molecule has 0 aromatic heterocycles. The number of carbonyl (C=O) groups excluding carboxylic acids is 1. The Balaban J connectivity index is 1.88. The Bertz CT molecular complexity index is 700. The summed E-state index contributed by atoms with van der Waals surface area (Å²) in [6, 6.07) is 10.7. The van der Waals surface area contributed by atoms with E-state index in [0.29, 0.717) is 34.4 Å². The van der Waals surface area contributed by atoms with Crippen LogP contribution in [0.2, 0.25) is 10.0 Å². The summed E-state index contributed by atoms with van der Waals surface area (Å²) in [6.45, 7) is 1.00. The molecule has 20 heavy (non-hydrogen) atoms. The average Bonchev–Trinajstić information content (AvgIpc) is 2.71. The molecule has 2 N–H and O–H groups in total. The smallest absolute Gasteiger partial charge is 0.254 e. The number of benzene rings is 2. The molecule has 1 amide bonds. The highest BCUT2D eigenvalue weighted by atomic mass is 35.5. The van der Waals surface area contributed by atoms with E-state index in [1.54, 1.807) is 29.2 Å². The maximum absolute atomic E-state index is 12.3. The fourth-order valence-corrected chi connectivity index (χ4v) is 2.75. The number of hydrogen-bond acceptors (Lipinski definition) is 2. The normalized spacial score (nSPS) is 13.7. The molecular weight excluding hydrogens is 295 g/mol. The zero-order valence-electron chi connectivity index (χ0n) is 10.6. The van der Waals surface area contributed by atoms with Crippen molar-refractivity contribution in [2.45, 2.75) is 13.1 Å². The lowest BCUT2D eigenvalue weighted by molar-refractivity contribution is 0.0767. The highest BCUT2D eigenvalue weighted by Crippen LogP contribution is 2.28. The van der Waals surface area contributed by atoms with Gasteiger partial charge in [0.2, 0.25) is 0 Å². The van der Waals surface area contributed by atoms with Crippen molar-refractivity contribution in [1.29, 1.82) is 0 Å². The molecule has 0 bridgehead atoms. The van der Waals surface area contributed by atoms with Crippen molar-refractivity contribution in [3.63, 3.8) is 0 Å². The molecule has 5 heteroatoms. The number of carbonyl (C=O) groups is 1. The van der Waals surface area contributed by atoms with E-state index in [0.717, 1.165) is 11.1 Å². The first-order valence-electron chi connectivity index (χ1n) is 6.16. The van der Waals surface area contributed by atoms with E-state index >= 15 is 0 Å². The van der Waals surface area contributed by atoms with E-state index in [1.165, 1.54) is 0 Å². The van der Waals surface area contributed by atoms with Crippen LogP contribution in [0.4, 0.5) is 5.69 Å². The van der Waals surface area contributed by atoms with E-state index in [4.69, 9.17) is 28.9 Å². The molecule has 0 radical (unpaired) electrons. The number of amides is 1. The second-order valence-corrected chi connectivity index (χ2v) is 5.66. The number of anilines is 1. The molecule has 0 aliphatic carbocycles. The molecule has 0 unspecified atom stereocenters. The zero-order valence-corrected chi connectivity index (χ0v) is 12.1. The van der Waals surface area contributed by atoms with Crippen molar-refractivity contribution in [2.24, 2.45) is 0 Å². The van der Waals surface area contributed by atoms with Gasteiger partial charge < -0.3 is 10.6 Å². The van der Waals surface area contributed by atoms with Crippen LogP contribution in [-0.4, -0.2) is 10.8 Å². The van der Waals surface area contributed by atoms with Gasteiger partial charge in [-0.05, 0) is 41.5 Å². The van der Waals surface area contributed by atoms with Crippen molar-refractivity contribution >= 4 is 34.8 Å². The van der Waals surface area contributed by atoms with E-state index in [9.17, 15) is 4.79 Å². The molecule has 0 saturated heterocycles. The summed E-state index contributed by atoms with van der Waals surface area (Å²) in [5.41, 5.74) is 8.82. The Morgan fingerprint density at radius 1 is 1.15 bits per heavy atom. The molecule has 2 aromatic carbocycles. The summed E-state index contributed by atoms with van der Waals surface area (Å²) in [5.74, 6) is -0.0247. The summed E-state index contributed by atoms with van der Waals surface area (Å²) in [6.07, 6.45) is 0. The van der Waals surface area contributed by atoms with Gasteiger partial charge in [-0.3, -0.25) is 4.79 Å². The first kappa shape index (κ1) is 13.3. The summed E-state index contributed by atoms with van der Waals surface area (Å²) in [7, 11) is 0. The van der Waals surface area contributed by atoms with Crippen LogP contribution in [0.1, 0.15) is 21.5 Å². The van der Waals surface area contributed by atoms with Crippen molar-refractivity contribution in [3.8, 4) is 0 Å². The molecule has 3 nitrogen and oxygen atoms in total. The lowest BCUT2D eigenvalue weighted by atomic mass is 10.1. The van der Waals surface area contributed by atoms with E-state index < -0.39 is 0 Å². The molecule has 102 valence electrons. The Morgan fingerprint density at radius 2 is 1.95 bits per heavy atom. The minimum absolute atomic E-state index is 0.0247. The molecule has 0 spiro atoms. The zero-order chi connectivity index (χ0) is 14.3. The van der Waals surface area contributed by atoms with Crippen LogP contribution in [-0.2, 0) is 13.1 Å². The van der Waals surface area contributed by atoms with Gasteiger partial charge in [-0.15, -0.1) is 0 Å². The van der Waals surface area contributed by atoms with Gasteiger partial charge in [-0.2, -0.15) is 0 Å². The SMILES string of the molecule is Nc1ccc2c(c1)C(=O)N(Cc1cc(Cl)ccc1Cl)C2. The van der Waals surface area contributed by atoms with Crippen LogP contribution < -0.4 is 5.73 Å². The number of nitrogen functional groups attached to an aromatic ring is 1. The van der Waals surface area contributed by atoms with Gasteiger partial charge in [0.15, 0.2) is 0 Å². The highest BCUT2D eigenvalue weighted by Gasteiger charge is 2.27. The Hall–Kier alpha value is -1.71. The van der Waals surface area contributed by atoms with Gasteiger partial charge in [0, 0.05) is 34.4 Å². The van der Waals surface area contributed by atoms with Crippen molar-refractivity contribution in [1.82, 2.24) is 4.90 Å². The lowest BCUT2D eigenvalue weighted by Gasteiger charge is -2.16. The summed E-state index contributed by atoms with van der Waals surface area (Å²) in [4.78, 5) is 14.1. The number of halogens is 2. The van der Waals surface area contributed by atoms with Gasteiger partial charge in [0.1, 0.15) is 0 Å². The summed E-state index contributed by atoms with van der Waals surface area (Å²) < 4.78 is 0. The molecule has 0 fully saturated rings. The number of nitrogens with two attached hydrogens (primary N) is 1. The molecule has 1 heterocycles. The van der Waals surface area contributed by atoms with E-state index in [1.807, 2.05) is 12.1 Å². The molecule has 1 aliphatic rings. The minimum Gasteiger partial charge on any atom is -0.399 e. The fourth-order valence-electron chi connectivity index (χ4n) is 2.38. The Morgan fingerprint density at radius 3 is 2.75 bits per heavy atom. The van der Waals surface area contributed by atoms with Crippen LogP contribution in [0.15, 0.2) is 36.4 Å². The monoisotopic (exact) mass is 306 g/mol. The predicted octanol–water partition coefficient (Wildman–Crippen LogP) is 3.73. The van der Waals surface area contributed by atoms with Crippen LogP contribution in [0.3, 0.4) is 0 Å². The minimum atomic E-state index is -0.0247. The molecule has 3 rings (SSSR count). The number of hydrogen-bond donors (Lipinski definition) is 1.